The van der Waals surface area contributed by atoms with Crippen LogP contribution in [0.25, 0.3) is 0 Å². The van der Waals surface area contributed by atoms with E-state index in [-0.39, 0.29) is 11.3 Å². The summed E-state index contributed by atoms with van der Waals surface area (Å²) >= 11 is 0. The lowest BCUT2D eigenvalue weighted by Crippen LogP contribution is -2.22. The van der Waals surface area contributed by atoms with Crippen molar-refractivity contribution in [2.45, 2.75) is 0 Å². The van der Waals surface area contributed by atoms with Gasteiger partial charge in [-0.2, -0.15) is 0 Å². The Morgan fingerprint density at radius 3 is 2.47 bits per heavy atom. The minimum Gasteiger partial charge on any atom is -0.545 e. The fourth-order valence-electron chi connectivity index (χ4n) is 0.925. The molecule has 1 aromatic carbocycles. The van der Waals surface area contributed by atoms with Gasteiger partial charge in [-0.15, -0.1) is 0 Å². The predicted molar refractivity (Wildman–Crippen MR) is 49.2 cm³/mol. The molecule has 0 unspecified atom stereocenters. The highest BCUT2D eigenvalue weighted by molar-refractivity contribution is 7.92. The fourth-order valence-corrected chi connectivity index (χ4v) is 1.49. The largest absolute Gasteiger partial charge is 0.545 e. The lowest BCUT2D eigenvalue weighted by molar-refractivity contribution is -0.255. The smallest absolute Gasteiger partial charge is 0.229 e. The summed E-state index contributed by atoms with van der Waals surface area (Å²) in [4.78, 5) is 10.3. The number of aromatic carboxylic acids is 1. The quantitative estimate of drug-likeness (QED) is 0.765. The Morgan fingerprint density at radius 1 is 1.47 bits per heavy atom. The van der Waals surface area contributed by atoms with Gasteiger partial charge in [0.15, 0.2) is 0 Å². The third-order valence-electron chi connectivity index (χ3n) is 1.50. The molecule has 0 fully saturated rings. The van der Waals surface area contributed by atoms with Gasteiger partial charge in [-0.25, -0.2) is 12.8 Å². The van der Waals surface area contributed by atoms with Crippen LogP contribution in [0.3, 0.4) is 0 Å². The number of carboxylic acids is 1. The van der Waals surface area contributed by atoms with Gasteiger partial charge in [-0.3, -0.25) is 4.72 Å². The number of hydrogen-bond acceptors (Lipinski definition) is 4. The summed E-state index contributed by atoms with van der Waals surface area (Å²) in [6, 6.07) is 2.75. The highest BCUT2D eigenvalue weighted by Crippen LogP contribution is 2.16. The SMILES string of the molecule is CS(=O)(=O)Nc1ccc(C(=O)[O-])cc1F. The Kier molecular flexibility index (Phi) is 2.94. The lowest BCUT2D eigenvalue weighted by Gasteiger charge is -2.07. The molecule has 7 heteroatoms. The van der Waals surface area contributed by atoms with Crippen LogP contribution < -0.4 is 9.83 Å². The number of anilines is 1. The first kappa shape index (κ1) is 11.4. The van der Waals surface area contributed by atoms with Crippen LogP contribution in [-0.2, 0) is 10.0 Å². The summed E-state index contributed by atoms with van der Waals surface area (Å²) < 4.78 is 36.6. The predicted octanol–water partition coefficient (Wildman–Crippen LogP) is -0.439. The van der Waals surface area contributed by atoms with Crippen LogP contribution in [0.4, 0.5) is 10.1 Å². The molecular weight excluding hydrogens is 225 g/mol. The molecule has 0 aliphatic carbocycles. The summed E-state index contributed by atoms with van der Waals surface area (Å²) in [5.74, 6) is -2.50. The van der Waals surface area contributed by atoms with E-state index in [4.69, 9.17) is 0 Å². The van der Waals surface area contributed by atoms with Crippen LogP contribution in [0, 0.1) is 5.82 Å². The number of sulfonamides is 1. The van der Waals surface area contributed by atoms with Gasteiger partial charge in [0, 0.05) is 5.56 Å². The molecule has 1 N–H and O–H groups in total. The van der Waals surface area contributed by atoms with E-state index in [2.05, 4.69) is 0 Å². The zero-order valence-electron chi connectivity index (χ0n) is 7.65. The summed E-state index contributed by atoms with van der Waals surface area (Å²) in [7, 11) is -3.59. The van der Waals surface area contributed by atoms with Crippen LogP contribution in [0.5, 0.6) is 0 Å². The molecule has 1 rings (SSSR count). The van der Waals surface area contributed by atoms with Crippen molar-refractivity contribution in [3.05, 3.63) is 29.6 Å². The van der Waals surface area contributed by atoms with Crippen LogP contribution >= 0.6 is 0 Å². The minimum atomic E-state index is -3.59. The monoisotopic (exact) mass is 232 g/mol. The Balaban J connectivity index is 3.09. The highest BCUT2D eigenvalue weighted by atomic mass is 32.2. The molecule has 0 bridgehead atoms. The van der Waals surface area contributed by atoms with E-state index in [1.807, 2.05) is 4.72 Å². The maximum Gasteiger partial charge on any atom is 0.229 e. The summed E-state index contributed by atoms with van der Waals surface area (Å²) in [5, 5.41) is 10.3. The fraction of sp³-hybridized carbons (Fsp3) is 0.125. The Hall–Kier alpha value is -1.63. The van der Waals surface area contributed by atoms with Crippen molar-refractivity contribution >= 4 is 21.7 Å². The molecular formula is C8H7FNO4S-. The van der Waals surface area contributed by atoms with Crippen molar-refractivity contribution in [2.24, 2.45) is 0 Å². The van der Waals surface area contributed by atoms with Gasteiger partial charge in [0.05, 0.1) is 17.9 Å². The van der Waals surface area contributed by atoms with E-state index in [0.717, 1.165) is 18.4 Å². The van der Waals surface area contributed by atoms with Crippen molar-refractivity contribution in [1.82, 2.24) is 0 Å². The molecule has 0 aliphatic rings. The first-order valence-corrected chi connectivity index (χ1v) is 5.67. The average Bonchev–Trinajstić information content (AvgIpc) is 2.05. The third-order valence-corrected chi connectivity index (χ3v) is 2.09. The summed E-state index contributed by atoms with van der Waals surface area (Å²) in [6.07, 6.45) is 0.860. The molecule has 15 heavy (non-hydrogen) atoms. The topological polar surface area (TPSA) is 86.3 Å². The average molecular weight is 232 g/mol. The summed E-state index contributed by atoms with van der Waals surface area (Å²) in [6.45, 7) is 0. The minimum absolute atomic E-state index is 0.303. The molecule has 0 aromatic heterocycles. The first-order valence-electron chi connectivity index (χ1n) is 3.78. The van der Waals surface area contributed by atoms with E-state index >= 15 is 0 Å². The Morgan fingerprint density at radius 2 is 2.07 bits per heavy atom. The number of rotatable bonds is 3. The number of carbonyl (C=O) groups excluding carboxylic acids is 1. The number of benzene rings is 1. The van der Waals surface area contributed by atoms with Gasteiger partial charge in [-0.05, 0) is 12.1 Å². The molecule has 0 spiro atoms. The zero-order valence-corrected chi connectivity index (χ0v) is 8.47. The number of halogens is 1. The van der Waals surface area contributed by atoms with Gasteiger partial charge in [0.1, 0.15) is 5.82 Å². The van der Waals surface area contributed by atoms with E-state index in [0.29, 0.717) is 6.07 Å². The molecule has 0 aliphatic heterocycles. The maximum absolute atomic E-state index is 13.1. The van der Waals surface area contributed by atoms with Crippen molar-refractivity contribution < 1.29 is 22.7 Å². The van der Waals surface area contributed by atoms with Crippen LogP contribution in [0.2, 0.25) is 0 Å². The van der Waals surface area contributed by atoms with Crippen molar-refractivity contribution in [3.8, 4) is 0 Å². The molecule has 0 saturated heterocycles. The number of carbonyl (C=O) groups is 1. The first-order chi connectivity index (χ1) is 6.79. The van der Waals surface area contributed by atoms with E-state index < -0.39 is 21.8 Å². The van der Waals surface area contributed by atoms with E-state index in [9.17, 15) is 22.7 Å². The second kappa shape index (κ2) is 3.85. The summed E-state index contributed by atoms with van der Waals surface area (Å²) in [5.41, 5.74) is -0.658. The second-order valence-corrected chi connectivity index (χ2v) is 4.60. The van der Waals surface area contributed by atoms with Crippen LogP contribution in [0.15, 0.2) is 18.2 Å². The van der Waals surface area contributed by atoms with Gasteiger partial charge in [0.2, 0.25) is 10.0 Å². The van der Waals surface area contributed by atoms with Gasteiger partial charge in [-0.1, -0.05) is 6.07 Å². The van der Waals surface area contributed by atoms with Gasteiger partial charge >= 0.3 is 0 Å². The molecule has 0 radical (unpaired) electrons. The van der Waals surface area contributed by atoms with Crippen molar-refractivity contribution in [3.63, 3.8) is 0 Å². The van der Waals surface area contributed by atoms with Crippen LogP contribution in [0.1, 0.15) is 10.4 Å². The molecule has 0 atom stereocenters. The molecule has 0 amide bonds. The number of nitrogens with one attached hydrogen (secondary N) is 1. The number of hydrogen-bond donors (Lipinski definition) is 1. The maximum atomic E-state index is 13.1. The molecule has 5 nitrogen and oxygen atoms in total. The van der Waals surface area contributed by atoms with Crippen LogP contribution in [-0.4, -0.2) is 20.6 Å². The van der Waals surface area contributed by atoms with Crippen molar-refractivity contribution in [1.29, 1.82) is 0 Å². The normalized spacial score (nSPS) is 11.1. The third kappa shape index (κ3) is 3.21. The van der Waals surface area contributed by atoms with E-state index in [1.165, 1.54) is 0 Å². The molecule has 1 aromatic rings. The Labute approximate surface area is 85.6 Å². The lowest BCUT2D eigenvalue weighted by atomic mass is 10.2. The Bertz CT molecular complexity index is 497. The number of carboxylic acid groups (broad SMARTS) is 1. The van der Waals surface area contributed by atoms with Crippen molar-refractivity contribution in [2.75, 3.05) is 11.0 Å². The standard InChI is InChI=1S/C8H8FNO4S/c1-15(13,14)10-7-3-2-5(8(11)12)4-6(7)9/h2-4,10H,1H3,(H,11,12)/p-1. The van der Waals surface area contributed by atoms with Gasteiger partial charge in [0.25, 0.3) is 0 Å². The molecule has 0 saturated carbocycles. The highest BCUT2D eigenvalue weighted by Gasteiger charge is 2.08. The molecule has 0 heterocycles. The second-order valence-electron chi connectivity index (χ2n) is 2.86. The molecule has 82 valence electrons. The zero-order chi connectivity index (χ0) is 11.6. The van der Waals surface area contributed by atoms with Gasteiger partial charge < -0.3 is 9.90 Å². The van der Waals surface area contributed by atoms with E-state index in [1.54, 1.807) is 0 Å².